The molecule has 264 valence electrons. The minimum Gasteiger partial charge on any atom is -0.444 e. The molecule has 3 amide bonds. The molecule has 0 unspecified atom stereocenters. The monoisotopic (exact) mass is 690 g/mol. The van der Waals surface area contributed by atoms with E-state index in [-0.39, 0.29) is 38.6 Å². The highest BCUT2D eigenvalue weighted by atomic mass is 19.2. The number of halogens is 2. The number of rotatable bonds is 7. The number of esters is 1. The Morgan fingerprint density at radius 2 is 1.50 bits per heavy atom. The van der Waals surface area contributed by atoms with Crippen LogP contribution in [0.2, 0.25) is 0 Å². The molecule has 0 spiro atoms. The summed E-state index contributed by atoms with van der Waals surface area (Å²) in [5.41, 5.74) is -0.397. The maximum Gasteiger partial charge on any atom is 0.356 e. The van der Waals surface area contributed by atoms with Gasteiger partial charge in [0.25, 0.3) is 5.91 Å². The van der Waals surface area contributed by atoms with Gasteiger partial charge in [-0.1, -0.05) is 54.6 Å². The number of ether oxygens (including phenoxy) is 2. The van der Waals surface area contributed by atoms with E-state index >= 15 is 0 Å². The number of hydrogen-bond acceptors (Lipinski definition) is 8. The highest BCUT2D eigenvalue weighted by Gasteiger charge is 2.49. The van der Waals surface area contributed by atoms with Gasteiger partial charge in [-0.2, -0.15) is 0 Å². The van der Waals surface area contributed by atoms with E-state index in [4.69, 9.17) is 14.3 Å². The Balaban J connectivity index is 1.24. The molecule has 6 rings (SSSR count). The van der Waals surface area contributed by atoms with Crippen molar-refractivity contribution in [3.8, 4) is 0 Å². The van der Waals surface area contributed by atoms with Gasteiger partial charge in [-0.3, -0.25) is 14.5 Å². The molecule has 3 aromatic carbocycles. The van der Waals surface area contributed by atoms with Crippen molar-refractivity contribution in [3.05, 3.63) is 107 Å². The molecule has 3 saturated heterocycles. The first-order valence-electron chi connectivity index (χ1n) is 16.7. The predicted molar refractivity (Wildman–Crippen MR) is 176 cm³/mol. The molecule has 0 radical (unpaired) electrons. The number of amides is 3. The highest BCUT2D eigenvalue weighted by molar-refractivity contribution is 5.94. The average Bonchev–Trinajstić information content (AvgIpc) is 3.15. The third kappa shape index (κ3) is 7.34. The maximum absolute atomic E-state index is 14.6. The van der Waals surface area contributed by atoms with Gasteiger partial charge in [0.05, 0.1) is 26.0 Å². The van der Waals surface area contributed by atoms with Crippen LogP contribution in [-0.4, -0.2) is 96.7 Å². The zero-order valence-corrected chi connectivity index (χ0v) is 27.9. The van der Waals surface area contributed by atoms with E-state index in [1.165, 1.54) is 18.0 Å². The van der Waals surface area contributed by atoms with Crippen molar-refractivity contribution in [2.24, 2.45) is 0 Å². The number of cyclic esters (lactones) is 1. The summed E-state index contributed by atoms with van der Waals surface area (Å²) in [5.74, 6) is -3.47. The van der Waals surface area contributed by atoms with E-state index in [2.05, 4.69) is 4.90 Å². The quantitative estimate of drug-likeness (QED) is 0.325. The minimum absolute atomic E-state index is 0.142. The number of hydrogen-bond donors (Lipinski definition) is 0. The summed E-state index contributed by atoms with van der Waals surface area (Å²) in [6, 6.07) is 21.4. The number of carbonyl (C=O) groups excluding carboxylic acids is 4. The van der Waals surface area contributed by atoms with Gasteiger partial charge in [-0.25, -0.2) is 18.4 Å². The second-order valence-electron chi connectivity index (χ2n) is 12.9. The summed E-state index contributed by atoms with van der Waals surface area (Å²) in [6.07, 6.45) is 0.736. The van der Waals surface area contributed by atoms with Crippen LogP contribution in [0.3, 0.4) is 0 Å². The normalized spacial score (nSPS) is 22.1. The lowest BCUT2D eigenvalue weighted by molar-refractivity contribution is -0.214. The Labute approximate surface area is 289 Å². The predicted octanol–water partition coefficient (Wildman–Crippen LogP) is 4.82. The molecule has 3 fully saturated rings. The maximum atomic E-state index is 14.6. The molecule has 0 bridgehead atoms. The van der Waals surface area contributed by atoms with Gasteiger partial charge in [0.1, 0.15) is 11.1 Å². The van der Waals surface area contributed by atoms with Crippen molar-refractivity contribution in [2.45, 2.75) is 43.2 Å². The smallest absolute Gasteiger partial charge is 0.356 e. The molecule has 0 N–H and O–H groups in total. The molecule has 50 heavy (non-hydrogen) atoms. The lowest BCUT2D eigenvalue weighted by atomic mass is 9.80. The minimum atomic E-state index is -1.11. The Morgan fingerprint density at radius 3 is 2.20 bits per heavy atom. The third-order valence-electron chi connectivity index (χ3n) is 9.80. The number of likely N-dealkylation sites (tertiary alicyclic amines) is 1. The van der Waals surface area contributed by atoms with Gasteiger partial charge in [0, 0.05) is 38.8 Å². The second kappa shape index (κ2) is 14.9. The van der Waals surface area contributed by atoms with Crippen LogP contribution in [0, 0.1) is 11.6 Å². The van der Waals surface area contributed by atoms with Gasteiger partial charge in [-0.05, 0) is 54.7 Å². The Hall–Kier alpha value is -4.88. The summed E-state index contributed by atoms with van der Waals surface area (Å²) in [5, 5.41) is 1.14. The van der Waals surface area contributed by atoms with Gasteiger partial charge in [0.15, 0.2) is 18.4 Å². The number of nitrogens with zero attached hydrogens (tertiary/aromatic N) is 4. The Kier molecular flexibility index (Phi) is 10.4. The van der Waals surface area contributed by atoms with Gasteiger partial charge in [0.2, 0.25) is 0 Å². The van der Waals surface area contributed by atoms with E-state index in [9.17, 15) is 28.0 Å². The zero-order chi connectivity index (χ0) is 35.3. The van der Waals surface area contributed by atoms with E-state index in [1.54, 1.807) is 29.2 Å². The van der Waals surface area contributed by atoms with Crippen molar-refractivity contribution in [1.82, 2.24) is 19.8 Å². The van der Waals surface area contributed by atoms with Crippen LogP contribution in [0.1, 0.15) is 53.6 Å². The lowest BCUT2D eigenvalue weighted by Crippen LogP contribution is -2.59. The van der Waals surface area contributed by atoms with Crippen molar-refractivity contribution in [1.29, 1.82) is 0 Å². The number of carbonyl (C=O) groups is 4. The van der Waals surface area contributed by atoms with Gasteiger partial charge in [-0.15, -0.1) is 5.06 Å². The molecule has 3 heterocycles. The summed E-state index contributed by atoms with van der Waals surface area (Å²) in [6.45, 7) is 1.84. The third-order valence-corrected chi connectivity index (χ3v) is 9.80. The summed E-state index contributed by atoms with van der Waals surface area (Å²) >= 11 is 0. The standard InChI is InChI=1S/C37H40F2N4O7/c1-40-26-48-32(44)14-15-33(45)50-43(35(40)47)36(28-10-6-3-7-11-28)16-19-41(20-17-36)21-18-37(29-12-13-30(38)31(39)24-29)25-42(22-23-49-37)34(46)27-8-4-2-5-9-27/h2-13,24H,14-23,25-26H2,1H3/t37-/m0/s1. The second-order valence-corrected chi connectivity index (χ2v) is 12.9. The van der Waals surface area contributed by atoms with E-state index in [0.717, 1.165) is 22.8 Å². The molecule has 11 nitrogen and oxygen atoms in total. The zero-order valence-electron chi connectivity index (χ0n) is 27.9. The molecule has 3 aromatic rings. The van der Waals surface area contributed by atoms with Crippen LogP contribution in [0.5, 0.6) is 0 Å². The molecule has 0 aromatic heterocycles. The van der Waals surface area contributed by atoms with Crippen molar-refractivity contribution >= 4 is 23.9 Å². The SMILES string of the molecule is CN1COC(=O)CCC(=O)ON(C2(c3ccccc3)CCN(CC[C@@]3(c4ccc(F)c(F)c4)CN(C(=O)c4ccccc4)CCO3)CC2)C1=O. The van der Waals surface area contributed by atoms with E-state index in [1.807, 2.05) is 36.4 Å². The average molecular weight is 691 g/mol. The first-order chi connectivity index (χ1) is 24.1. The summed E-state index contributed by atoms with van der Waals surface area (Å²) in [7, 11) is 1.47. The number of morpholine rings is 1. The largest absolute Gasteiger partial charge is 0.444 e. The molecule has 3 aliphatic rings. The highest BCUT2D eigenvalue weighted by Crippen LogP contribution is 2.41. The summed E-state index contributed by atoms with van der Waals surface area (Å²) in [4.78, 5) is 63.0. The molecule has 13 heteroatoms. The Bertz CT molecular complexity index is 1700. The number of hydroxylamine groups is 2. The van der Waals surface area contributed by atoms with Crippen LogP contribution in [0.15, 0.2) is 78.9 Å². The van der Waals surface area contributed by atoms with Crippen molar-refractivity contribution in [2.75, 3.05) is 53.1 Å². The van der Waals surface area contributed by atoms with Crippen LogP contribution in [-0.2, 0) is 35.0 Å². The molecule has 0 aliphatic carbocycles. The van der Waals surface area contributed by atoms with Crippen LogP contribution >= 0.6 is 0 Å². The number of urea groups is 1. The molecule has 0 saturated carbocycles. The number of piperidine rings is 1. The van der Waals surface area contributed by atoms with Crippen LogP contribution in [0.25, 0.3) is 0 Å². The van der Waals surface area contributed by atoms with Crippen molar-refractivity contribution in [3.63, 3.8) is 0 Å². The fourth-order valence-corrected chi connectivity index (χ4v) is 6.93. The molecule has 3 aliphatic heterocycles. The lowest BCUT2D eigenvalue weighted by Gasteiger charge is -2.49. The molecular formula is C37H40F2N4O7. The van der Waals surface area contributed by atoms with Crippen molar-refractivity contribution < 1.29 is 42.3 Å². The van der Waals surface area contributed by atoms with Gasteiger partial charge < -0.3 is 24.1 Å². The first kappa shape index (κ1) is 35.0. The van der Waals surface area contributed by atoms with Crippen LogP contribution < -0.4 is 0 Å². The van der Waals surface area contributed by atoms with Gasteiger partial charge >= 0.3 is 18.0 Å². The topological polar surface area (TPSA) is 109 Å². The fourth-order valence-electron chi connectivity index (χ4n) is 6.93. The molecular weight excluding hydrogens is 650 g/mol. The number of benzene rings is 3. The summed E-state index contributed by atoms with van der Waals surface area (Å²) < 4.78 is 40.3. The first-order valence-corrected chi connectivity index (χ1v) is 16.7. The Morgan fingerprint density at radius 1 is 0.820 bits per heavy atom. The van der Waals surface area contributed by atoms with Crippen LogP contribution in [0.4, 0.5) is 13.6 Å². The molecule has 1 atom stereocenters. The fraction of sp³-hybridized carbons (Fsp3) is 0.405. The van der Waals surface area contributed by atoms with E-state index < -0.39 is 40.7 Å². The van der Waals surface area contributed by atoms with E-state index in [0.29, 0.717) is 56.6 Å².